The minimum Gasteiger partial charge on any atom is -0.435 e. The Morgan fingerprint density at radius 3 is 2.39 bits per heavy atom. The molecule has 0 unspecified atom stereocenters. The number of benzene rings is 3. The van der Waals surface area contributed by atoms with Gasteiger partial charge in [0, 0.05) is 24.6 Å². The van der Waals surface area contributed by atoms with Crippen molar-refractivity contribution < 1.29 is 4.74 Å². The number of aryl methyl sites for hydroxylation is 2. The first-order chi connectivity index (χ1) is 20.0. The summed E-state index contributed by atoms with van der Waals surface area (Å²) in [7, 11) is 0. The molecule has 9 heteroatoms. The van der Waals surface area contributed by atoms with Gasteiger partial charge in [-0.2, -0.15) is 15.2 Å². The van der Waals surface area contributed by atoms with E-state index in [4.69, 9.17) is 26.6 Å². The van der Waals surface area contributed by atoms with Gasteiger partial charge >= 0.3 is 0 Å². The van der Waals surface area contributed by atoms with E-state index in [2.05, 4.69) is 57.5 Å². The van der Waals surface area contributed by atoms with Gasteiger partial charge in [0.25, 0.3) is 5.88 Å². The number of nitrogens with one attached hydrogen (secondary N) is 1. The standard InChI is InChI=1S/C32H24ClN7O/c1-20-3-5-23(6-4-20)18-40-19-36-30-28(40)31(39-32(38-30)37-26-9-7-22(17-34)8-10-26)41-29-21(2)15-25(16-27(29)33)24-11-13-35-14-12-24/h3-16,19H,18H2,1-2H3,(H,37,38,39). The van der Waals surface area contributed by atoms with Crippen LogP contribution in [-0.4, -0.2) is 24.5 Å². The summed E-state index contributed by atoms with van der Waals surface area (Å²) in [4.78, 5) is 18.1. The smallest absolute Gasteiger partial charge is 0.250 e. The lowest BCUT2D eigenvalue weighted by molar-refractivity contribution is 0.463. The van der Waals surface area contributed by atoms with Crippen molar-refractivity contribution in [2.24, 2.45) is 0 Å². The number of pyridine rings is 1. The number of ether oxygens (including phenoxy) is 1. The third-order valence-corrected chi connectivity index (χ3v) is 6.91. The Hall–Kier alpha value is -5.26. The zero-order valence-electron chi connectivity index (χ0n) is 22.3. The van der Waals surface area contributed by atoms with Gasteiger partial charge < -0.3 is 14.6 Å². The predicted molar refractivity (Wildman–Crippen MR) is 160 cm³/mol. The molecule has 0 radical (unpaired) electrons. The highest BCUT2D eigenvalue weighted by Gasteiger charge is 2.19. The van der Waals surface area contributed by atoms with Gasteiger partial charge in [-0.1, -0.05) is 41.4 Å². The molecule has 0 aliphatic rings. The van der Waals surface area contributed by atoms with Crippen LogP contribution in [0.1, 0.15) is 22.3 Å². The van der Waals surface area contributed by atoms with E-state index in [1.165, 1.54) is 5.56 Å². The van der Waals surface area contributed by atoms with E-state index in [0.717, 1.165) is 27.9 Å². The lowest BCUT2D eigenvalue weighted by Gasteiger charge is -2.15. The van der Waals surface area contributed by atoms with Crippen molar-refractivity contribution in [1.29, 1.82) is 5.26 Å². The van der Waals surface area contributed by atoms with Gasteiger partial charge in [0.1, 0.15) is 0 Å². The van der Waals surface area contributed by atoms with E-state index in [0.29, 0.717) is 45.9 Å². The summed E-state index contributed by atoms with van der Waals surface area (Å²) < 4.78 is 8.44. The Labute approximate surface area is 241 Å². The number of aromatic nitrogens is 5. The summed E-state index contributed by atoms with van der Waals surface area (Å²) in [5, 5.41) is 12.8. The summed E-state index contributed by atoms with van der Waals surface area (Å²) in [5.74, 6) is 1.12. The fraction of sp³-hybridized carbons (Fsp3) is 0.0938. The molecule has 0 bridgehead atoms. The molecule has 6 rings (SSSR count). The van der Waals surface area contributed by atoms with Crippen molar-refractivity contribution in [2.75, 3.05) is 5.32 Å². The number of halogens is 1. The lowest BCUT2D eigenvalue weighted by atomic mass is 10.0. The molecule has 0 saturated carbocycles. The summed E-state index contributed by atoms with van der Waals surface area (Å²) in [6.45, 7) is 4.57. The third kappa shape index (κ3) is 5.57. The monoisotopic (exact) mass is 557 g/mol. The summed E-state index contributed by atoms with van der Waals surface area (Å²) >= 11 is 6.79. The van der Waals surface area contributed by atoms with E-state index >= 15 is 0 Å². The molecule has 0 saturated heterocycles. The molecule has 0 amide bonds. The first-order valence-electron chi connectivity index (χ1n) is 12.9. The second-order valence-corrected chi connectivity index (χ2v) is 10.0. The van der Waals surface area contributed by atoms with Crippen LogP contribution in [0.2, 0.25) is 5.02 Å². The van der Waals surface area contributed by atoms with E-state index in [1.54, 1.807) is 43.0 Å². The van der Waals surface area contributed by atoms with Crippen LogP contribution >= 0.6 is 11.6 Å². The first-order valence-corrected chi connectivity index (χ1v) is 13.3. The molecule has 0 fully saturated rings. The van der Waals surface area contributed by atoms with Crippen molar-refractivity contribution in [3.8, 4) is 28.8 Å². The first kappa shape index (κ1) is 26.0. The molecule has 8 nitrogen and oxygen atoms in total. The van der Waals surface area contributed by atoms with Crippen LogP contribution in [0, 0.1) is 25.2 Å². The van der Waals surface area contributed by atoms with Crippen LogP contribution in [0.4, 0.5) is 11.6 Å². The second kappa shape index (κ2) is 11.1. The summed E-state index contributed by atoms with van der Waals surface area (Å²) in [5.41, 5.74) is 7.52. The molecule has 3 aromatic carbocycles. The number of rotatable bonds is 7. The molecular formula is C32H24ClN7O. The fourth-order valence-electron chi connectivity index (χ4n) is 4.51. The topological polar surface area (TPSA) is 102 Å². The van der Waals surface area contributed by atoms with Gasteiger partial charge in [-0.05, 0) is 84.6 Å². The molecular weight excluding hydrogens is 534 g/mol. The van der Waals surface area contributed by atoms with Gasteiger partial charge in [-0.3, -0.25) is 4.98 Å². The number of hydrogen-bond donors (Lipinski definition) is 1. The van der Waals surface area contributed by atoms with Crippen LogP contribution in [-0.2, 0) is 6.54 Å². The van der Waals surface area contributed by atoms with Crippen LogP contribution in [0.15, 0.2) is 91.5 Å². The Morgan fingerprint density at radius 1 is 0.927 bits per heavy atom. The normalized spacial score (nSPS) is 10.9. The quantitative estimate of drug-likeness (QED) is 0.215. The maximum atomic E-state index is 9.13. The SMILES string of the molecule is Cc1ccc(Cn2cnc3nc(Nc4ccc(C#N)cc4)nc(Oc4c(C)cc(-c5ccncc5)cc4Cl)c32)cc1. The number of nitriles is 1. The molecule has 3 heterocycles. The van der Waals surface area contributed by atoms with Crippen molar-refractivity contribution in [3.05, 3.63) is 119 Å². The number of hydrogen-bond acceptors (Lipinski definition) is 7. The number of imidazole rings is 1. The van der Waals surface area contributed by atoms with Gasteiger partial charge in [0.15, 0.2) is 16.9 Å². The van der Waals surface area contributed by atoms with Crippen LogP contribution in [0.5, 0.6) is 11.6 Å². The Bertz CT molecular complexity index is 1870. The number of nitrogens with zero attached hydrogens (tertiary/aromatic N) is 6. The molecule has 0 aliphatic carbocycles. The molecule has 0 aliphatic heterocycles. The molecule has 1 N–H and O–H groups in total. The van der Waals surface area contributed by atoms with Gasteiger partial charge in [0.2, 0.25) is 5.95 Å². The zero-order chi connectivity index (χ0) is 28.3. The number of fused-ring (bicyclic) bond motifs is 1. The van der Waals surface area contributed by atoms with Gasteiger partial charge in [0.05, 0.1) is 23.0 Å². The Balaban J connectivity index is 1.42. The van der Waals surface area contributed by atoms with E-state index < -0.39 is 0 Å². The maximum absolute atomic E-state index is 9.13. The molecule has 0 spiro atoms. The Morgan fingerprint density at radius 2 is 1.68 bits per heavy atom. The Kier molecular flexibility index (Phi) is 7.02. The van der Waals surface area contributed by atoms with Crippen LogP contribution in [0.25, 0.3) is 22.3 Å². The minimum absolute atomic E-state index is 0.306. The molecule has 6 aromatic rings. The second-order valence-electron chi connectivity index (χ2n) is 9.64. The molecule has 200 valence electrons. The number of anilines is 2. The highest BCUT2D eigenvalue weighted by Crippen LogP contribution is 2.38. The van der Waals surface area contributed by atoms with Crippen molar-refractivity contribution in [1.82, 2.24) is 24.5 Å². The average molecular weight is 558 g/mol. The van der Waals surface area contributed by atoms with Crippen molar-refractivity contribution in [3.63, 3.8) is 0 Å². The van der Waals surface area contributed by atoms with E-state index in [-0.39, 0.29) is 0 Å². The largest absolute Gasteiger partial charge is 0.435 e. The summed E-state index contributed by atoms with van der Waals surface area (Å²) in [6, 6.07) is 25.2. The van der Waals surface area contributed by atoms with E-state index in [9.17, 15) is 0 Å². The summed E-state index contributed by atoms with van der Waals surface area (Å²) in [6.07, 6.45) is 5.23. The van der Waals surface area contributed by atoms with Gasteiger partial charge in [-0.15, -0.1) is 0 Å². The van der Waals surface area contributed by atoms with Gasteiger partial charge in [-0.25, -0.2) is 4.98 Å². The predicted octanol–water partition coefficient (Wildman–Crippen LogP) is 7.61. The van der Waals surface area contributed by atoms with E-state index in [1.807, 2.05) is 35.8 Å². The highest BCUT2D eigenvalue weighted by atomic mass is 35.5. The van der Waals surface area contributed by atoms with Crippen molar-refractivity contribution in [2.45, 2.75) is 20.4 Å². The minimum atomic E-state index is 0.306. The van der Waals surface area contributed by atoms with Crippen molar-refractivity contribution >= 4 is 34.4 Å². The molecule has 3 aromatic heterocycles. The van der Waals surface area contributed by atoms with Crippen LogP contribution in [0.3, 0.4) is 0 Å². The molecule has 0 atom stereocenters. The fourth-order valence-corrected chi connectivity index (χ4v) is 4.81. The molecule has 41 heavy (non-hydrogen) atoms. The zero-order valence-corrected chi connectivity index (χ0v) is 23.1. The van der Waals surface area contributed by atoms with Crippen LogP contribution < -0.4 is 10.1 Å². The highest BCUT2D eigenvalue weighted by molar-refractivity contribution is 6.32. The third-order valence-electron chi connectivity index (χ3n) is 6.63. The maximum Gasteiger partial charge on any atom is 0.250 e. The lowest BCUT2D eigenvalue weighted by Crippen LogP contribution is -2.04. The average Bonchev–Trinajstić information content (AvgIpc) is 3.39.